The van der Waals surface area contributed by atoms with E-state index in [2.05, 4.69) is 22.9 Å². The highest BCUT2D eigenvalue weighted by molar-refractivity contribution is 9.10. The normalized spacial score (nSPS) is 10.9. The second-order valence-electron chi connectivity index (χ2n) is 6.55. The highest BCUT2D eigenvalue weighted by atomic mass is 79.9. The van der Waals surface area contributed by atoms with Gasteiger partial charge in [0.15, 0.2) is 12.4 Å². The standard InChI is InChI=1S/C22H21BrO4/c1-3-4-5-16-12-21(25)27-20-11-14(2)10-19(22(16)20)26-13-18(24)15-6-8-17(23)9-7-15/h6-12H,3-5,13H2,1-2H3. The average Bonchev–Trinajstić information content (AvgIpc) is 2.63. The summed E-state index contributed by atoms with van der Waals surface area (Å²) in [6.45, 7) is 3.93. The summed E-state index contributed by atoms with van der Waals surface area (Å²) in [5.41, 5.74) is 2.53. The minimum absolute atomic E-state index is 0.0769. The Bertz CT molecular complexity index is 1020. The average molecular weight is 429 g/mol. The van der Waals surface area contributed by atoms with Crippen LogP contribution in [-0.2, 0) is 6.42 Å². The van der Waals surface area contributed by atoms with E-state index in [4.69, 9.17) is 9.15 Å². The quantitative estimate of drug-likeness (QED) is 0.369. The lowest BCUT2D eigenvalue weighted by molar-refractivity contribution is 0.0922. The monoisotopic (exact) mass is 428 g/mol. The molecule has 0 N–H and O–H groups in total. The third kappa shape index (κ3) is 4.66. The fourth-order valence-corrected chi connectivity index (χ4v) is 3.28. The number of ketones is 1. The lowest BCUT2D eigenvalue weighted by atomic mass is 10.0. The lowest BCUT2D eigenvalue weighted by Gasteiger charge is -2.13. The van der Waals surface area contributed by atoms with Gasteiger partial charge in [-0.3, -0.25) is 4.79 Å². The lowest BCUT2D eigenvalue weighted by Crippen LogP contribution is -2.12. The molecule has 0 atom stereocenters. The number of rotatable bonds is 7. The molecule has 140 valence electrons. The van der Waals surface area contributed by atoms with E-state index in [1.807, 2.05) is 31.2 Å². The molecule has 3 aromatic rings. The number of unbranched alkanes of at least 4 members (excludes halogenated alkanes) is 1. The molecule has 4 nitrogen and oxygen atoms in total. The van der Waals surface area contributed by atoms with Crippen molar-refractivity contribution in [2.75, 3.05) is 6.61 Å². The Labute approximate surface area is 166 Å². The number of benzene rings is 2. The SMILES string of the molecule is CCCCc1cc(=O)oc2cc(C)cc(OCC(=O)c3ccc(Br)cc3)c12. The molecule has 1 aromatic heterocycles. The first-order valence-corrected chi connectivity index (χ1v) is 9.76. The molecule has 0 saturated carbocycles. The van der Waals surface area contributed by atoms with Crippen LogP contribution in [0.15, 0.2) is 56.1 Å². The van der Waals surface area contributed by atoms with Crippen LogP contribution in [0.5, 0.6) is 5.75 Å². The van der Waals surface area contributed by atoms with Gasteiger partial charge in [0.1, 0.15) is 11.3 Å². The third-order valence-electron chi connectivity index (χ3n) is 4.36. The first kappa shape index (κ1) is 19.4. The van der Waals surface area contributed by atoms with Gasteiger partial charge in [-0.05, 0) is 55.2 Å². The maximum Gasteiger partial charge on any atom is 0.336 e. The molecule has 5 heteroatoms. The first-order valence-electron chi connectivity index (χ1n) is 8.97. The number of ether oxygens (including phenoxy) is 1. The van der Waals surface area contributed by atoms with Crippen molar-refractivity contribution < 1.29 is 13.9 Å². The number of halogens is 1. The summed E-state index contributed by atoms with van der Waals surface area (Å²) in [4.78, 5) is 24.4. The highest BCUT2D eigenvalue weighted by Gasteiger charge is 2.14. The van der Waals surface area contributed by atoms with Crippen LogP contribution in [-0.4, -0.2) is 12.4 Å². The summed E-state index contributed by atoms with van der Waals surface area (Å²) < 4.78 is 12.2. The Kier molecular flexibility index (Phi) is 6.11. The molecule has 0 saturated heterocycles. The van der Waals surface area contributed by atoms with E-state index in [-0.39, 0.29) is 18.0 Å². The summed E-state index contributed by atoms with van der Waals surface area (Å²) in [6, 6.07) is 12.4. The van der Waals surface area contributed by atoms with Crippen molar-refractivity contribution in [1.82, 2.24) is 0 Å². The van der Waals surface area contributed by atoms with E-state index in [1.165, 1.54) is 6.07 Å². The number of hydrogen-bond donors (Lipinski definition) is 0. The molecule has 0 fully saturated rings. The van der Waals surface area contributed by atoms with Crippen molar-refractivity contribution in [1.29, 1.82) is 0 Å². The molecular formula is C22H21BrO4. The molecule has 0 radical (unpaired) electrons. The summed E-state index contributed by atoms with van der Waals surface area (Å²) >= 11 is 3.36. The fraction of sp³-hybridized carbons (Fsp3) is 0.273. The molecule has 0 spiro atoms. The smallest absolute Gasteiger partial charge is 0.336 e. The van der Waals surface area contributed by atoms with Crippen molar-refractivity contribution in [3.05, 3.63) is 74.0 Å². The Balaban J connectivity index is 1.94. The van der Waals surface area contributed by atoms with Gasteiger partial charge in [0.25, 0.3) is 0 Å². The number of fused-ring (bicyclic) bond motifs is 1. The zero-order valence-corrected chi connectivity index (χ0v) is 17.0. The predicted molar refractivity (Wildman–Crippen MR) is 110 cm³/mol. The van der Waals surface area contributed by atoms with Gasteiger partial charge in [0.2, 0.25) is 0 Å². The summed E-state index contributed by atoms with van der Waals surface area (Å²) in [5, 5.41) is 0.775. The van der Waals surface area contributed by atoms with Crippen molar-refractivity contribution >= 4 is 32.7 Å². The van der Waals surface area contributed by atoms with Crippen molar-refractivity contribution in [3.63, 3.8) is 0 Å². The molecule has 0 unspecified atom stereocenters. The van der Waals surface area contributed by atoms with Gasteiger partial charge >= 0.3 is 5.63 Å². The van der Waals surface area contributed by atoms with Gasteiger partial charge < -0.3 is 9.15 Å². The molecule has 2 aromatic carbocycles. The number of Topliss-reactive ketones (excluding diaryl/α,β-unsaturated/α-hetero) is 1. The minimum Gasteiger partial charge on any atom is -0.485 e. The zero-order chi connectivity index (χ0) is 19.4. The predicted octanol–water partition coefficient (Wildman–Crippen LogP) is 5.47. The van der Waals surface area contributed by atoms with E-state index in [0.29, 0.717) is 16.9 Å². The summed E-state index contributed by atoms with van der Waals surface area (Å²) in [5.74, 6) is 0.468. The van der Waals surface area contributed by atoms with Crippen LogP contribution < -0.4 is 10.4 Å². The number of carbonyl (C=O) groups excluding carboxylic acids is 1. The van der Waals surface area contributed by atoms with Crippen LogP contribution in [0.4, 0.5) is 0 Å². The number of hydrogen-bond acceptors (Lipinski definition) is 4. The van der Waals surface area contributed by atoms with E-state index in [0.717, 1.165) is 40.2 Å². The van der Waals surface area contributed by atoms with E-state index in [9.17, 15) is 9.59 Å². The molecule has 0 aliphatic carbocycles. The second kappa shape index (κ2) is 8.53. The van der Waals surface area contributed by atoms with Gasteiger partial charge in [-0.2, -0.15) is 0 Å². The van der Waals surface area contributed by atoms with E-state index in [1.54, 1.807) is 12.1 Å². The van der Waals surface area contributed by atoms with Crippen LogP contribution in [0.2, 0.25) is 0 Å². The van der Waals surface area contributed by atoms with Crippen LogP contribution in [0, 0.1) is 6.92 Å². The minimum atomic E-state index is -0.365. The molecule has 0 aliphatic heterocycles. The molecule has 0 bridgehead atoms. The Morgan fingerprint density at radius 3 is 2.59 bits per heavy atom. The summed E-state index contributed by atoms with van der Waals surface area (Å²) in [6.07, 6.45) is 2.74. The third-order valence-corrected chi connectivity index (χ3v) is 4.89. The van der Waals surface area contributed by atoms with Gasteiger partial charge in [0, 0.05) is 16.1 Å². The van der Waals surface area contributed by atoms with E-state index < -0.39 is 0 Å². The molecule has 0 amide bonds. The maximum absolute atomic E-state index is 12.4. The molecule has 27 heavy (non-hydrogen) atoms. The van der Waals surface area contributed by atoms with Crippen molar-refractivity contribution in [3.8, 4) is 5.75 Å². The molecule has 3 rings (SSSR count). The van der Waals surface area contributed by atoms with Gasteiger partial charge in [-0.15, -0.1) is 0 Å². The molecule has 1 heterocycles. The first-order chi connectivity index (χ1) is 13.0. The molecule has 0 aliphatic rings. The fourth-order valence-electron chi connectivity index (χ4n) is 3.01. The van der Waals surface area contributed by atoms with Crippen LogP contribution >= 0.6 is 15.9 Å². The van der Waals surface area contributed by atoms with Crippen LogP contribution in [0.1, 0.15) is 41.3 Å². The Morgan fingerprint density at radius 1 is 1.15 bits per heavy atom. The Hall–Kier alpha value is -2.40. The van der Waals surface area contributed by atoms with Gasteiger partial charge in [-0.1, -0.05) is 41.4 Å². The van der Waals surface area contributed by atoms with Gasteiger partial charge in [0.05, 0.1) is 5.39 Å². The summed E-state index contributed by atoms with van der Waals surface area (Å²) in [7, 11) is 0. The van der Waals surface area contributed by atoms with E-state index >= 15 is 0 Å². The Morgan fingerprint density at radius 2 is 1.89 bits per heavy atom. The van der Waals surface area contributed by atoms with Gasteiger partial charge in [-0.25, -0.2) is 4.79 Å². The topological polar surface area (TPSA) is 56.5 Å². The maximum atomic E-state index is 12.4. The zero-order valence-electron chi connectivity index (χ0n) is 15.4. The largest absolute Gasteiger partial charge is 0.485 e. The second-order valence-corrected chi connectivity index (χ2v) is 7.46. The van der Waals surface area contributed by atoms with Crippen LogP contribution in [0.3, 0.4) is 0 Å². The van der Waals surface area contributed by atoms with Crippen molar-refractivity contribution in [2.45, 2.75) is 33.1 Å². The highest BCUT2D eigenvalue weighted by Crippen LogP contribution is 2.31. The number of aryl methyl sites for hydroxylation is 2. The number of carbonyl (C=O) groups is 1. The van der Waals surface area contributed by atoms with Crippen molar-refractivity contribution in [2.24, 2.45) is 0 Å². The van der Waals surface area contributed by atoms with Crippen LogP contribution in [0.25, 0.3) is 11.0 Å². The molecular weight excluding hydrogens is 408 g/mol.